The molecule has 1 aliphatic heterocycles. The molecule has 7 nitrogen and oxygen atoms in total. The molecule has 1 atom stereocenters. The molecular formula is C20H20ClN3O4S2. The van der Waals surface area contributed by atoms with Gasteiger partial charge in [0.15, 0.2) is 5.13 Å². The summed E-state index contributed by atoms with van der Waals surface area (Å²) in [5, 5.41) is 3.68. The minimum Gasteiger partial charge on any atom is -0.377 e. The molecule has 1 saturated heterocycles. The average Bonchev–Trinajstić information content (AvgIpc) is 3.38. The van der Waals surface area contributed by atoms with Gasteiger partial charge in [-0.05, 0) is 49.2 Å². The number of thiazole rings is 1. The Morgan fingerprint density at radius 3 is 2.73 bits per heavy atom. The second kappa shape index (κ2) is 8.60. The van der Waals surface area contributed by atoms with Crippen molar-refractivity contribution in [3.63, 3.8) is 0 Å². The summed E-state index contributed by atoms with van der Waals surface area (Å²) in [5.74, 6) is -0.373. The monoisotopic (exact) mass is 465 g/mol. The van der Waals surface area contributed by atoms with E-state index in [2.05, 4.69) is 10.3 Å². The minimum absolute atomic E-state index is 0.0721. The van der Waals surface area contributed by atoms with Gasteiger partial charge in [-0.3, -0.25) is 10.1 Å². The highest BCUT2D eigenvalue weighted by atomic mass is 35.5. The molecule has 0 aliphatic carbocycles. The van der Waals surface area contributed by atoms with Crippen LogP contribution in [0.3, 0.4) is 0 Å². The Morgan fingerprint density at radius 2 is 2.07 bits per heavy atom. The van der Waals surface area contributed by atoms with Crippen molar-refractivity contribution in [3.8, 4) is 0 Å². The topological polar surface area (TPSA) is 88.6 Å². The Labute approximate surface area is 183 Å². The lowest BCUT2D eigenvalue weighted by atomic mass is 10.2. The summed E-state index contributed by atoms with van der Waals surface area (Å²) in [4.78, 5) is 17.0. The zero-order valence-electron chi connectivity index (χ0n) is 16.2. The standard InChI is InChI=1S/C20H20ClN3O4S2/c1-24(12-14-4-3-11-28-14)30(26,27)15-9-7-13(8-10-15)19(25)23-20-22-18-16(21)5-2-6-17(18)29-20/h2,5-10,14H,3-4,11-12H2,1H3,(H,22,23,25). The number of likely N-dealkylation sites (N-methyl/N-ethyl adjacent to an activating group) is 1. The SMILES string of the molecule is CN(CC1CCCO1)S(=O)(=O)c1ccc(C(=O)Nc2nc3c(Cl)cccc3s2)cc1. The maximum atomic E-state index is 12.8. The van der Waals surface area contributed by atoms with Crippen LogP contribution in [0, 0.1) is 0 Å². The number of sulfonamides is 1. The van der Waals surface area contributed by atoms with Gasteiger partial charge in [-0.1, -0.05) is 29.0 Å². The first-order valence-electron chi connectivity index (χ1n) is 9.39. The number of carbonyl (C=O) groups excluding carboxylic acids is 1. The van der Waals surface area contributed by atoms with Gasteiger partial charge < -0.3 is 4.74 Å². The summed E-state index contributed by atoms with van der Waals surface area (Å²) in [7, 11) is -2.12. The Morgan fingerprint density at radius 1 is 1.30 bits per heavy atom. The van der Waals surface area contributed by atoms with E-state index in [1.807, 2.05) is 12.1 Å². The van der Waals surface area contributed by atoms with Crippen LogP contribution in [-0.2, 0) is 14.8 Å². The van der Waals surface area contributed by atoms with E-state index in [9.17, 15) is 13.2 Å². The highest BCUT2D eigenvalue weighted by molar-refractivity contribution is 7.89. The molecule has 1 fully saturated rings. The zero-order valence-corrected chi connectivity index (χ0v) is 18.6. The van der Waals surface area contributed by atoms with Crippen molar-refractivity contribution in [2.24, 2.45) is 0 Å². The number of halogens is 1. The molecule has 158 valence electrons. The number of anilines is 1. The fourth-order valence-corrected chi connectivity index (χ4v) is 5.63. The molecule has 4 rings (SSSR count). The Kier molecular flexibility index (Phi) is 6.08. The van der Waals surface area contributed by atoms with Crippen molar-refractivity contribution in [1.29, 1.82) is 0 Å². The van der Waals surface area contributed by atoms with E-state index in [1.54, 1.807) is 6.07 Å². The third kappa shape index (κ3) is 4.35. The fourth-order valence-electron chi connectivity index (χ4n) is 3.27. The maximum absolute atomic E-state index is 12.8. The lowest BCUT2D eigenvalue weighted by molar-refractivity contribution is 0.0979. The van der Waals surface area contributed by atoms with Crippen molar-refractivity contribution in [1.82, 2.24) is 9.29 Å². The van der Waals surface area contributed by atoms with Gasteiger partial charge in [0.25, 0.3) is 5.91 Å². The van der Waals surface area contributed by atoms with E-state index >= 15 is 0 Å². The minimum atomic E-state index is -3.65. The van der Waals surface area contributed by atoms with Crippen LogP contribution < -0.4 is 5.32 Å². The maximum Gasteiger partial charge on any atom is 0.257 e. The number of para-hydroxylation sites is 1. The van der Waals surface area contributed by atoms with Crippen LogP contribution in [0.15, 0.2) is 47.4 Å². The van der Waals surface area contributed by atoms with Crippen molar-refractivity contribution < 1.29 is 17.9 Å². The van der Waals surface area contributed by atoms with E-state index in [-0.39, 0.29) is 16.9 Å². The molecule has 0 spiro atoms. The van der Waals surface area contributed by atoms with E-state index in [4.69, 9.17) is 16.3 Å². The molecule has 1 unspecified atom stereocenters. The van der Waals surface area contributed by atoms with Gasteiger partial charge in [-0.15, -0.1) is 0 Å². The van der Waals surface area contributed by atoms with Gasteiger partial charge in [0, 0.05) is 25.8 Å². The van der Waals surface area contributed by atoms with Crippen LogP contribution in [0.5, 0.6) is 0 Å². The van der Waals surface area contributed by atoms with Crippen molar-refractivity contribution in [3.05, 3.63) is 53.1 Å². The molecule has 10 heteroatoms. The third-order valence-corrected chi connectivity index (χ3v) is 7.98. The molecule has 0 radical (unpaired) electrons. The molecule has 30 heavy (non-hydrogen) atoms. The highest BCUT2D eigenvalue weighted by Gasteiger charge is 2.26. The summed E-state index contributed by atoms with van der Waals surface area (Å²) >= 11 is 7.44. The number of ether oxygens (including phenoxy) is 1. The van der Waals surface area contributed by atoms with Crippen LogP contribution in [0.2, 0.25) is 5.02 Å². The van der Waals surface area contributed by atoms with Crippen LogP contribution >= 0.6 is 22.9 Å². The molecule has 2 heterocycles. The second-order valence-electron chi connectivity index (χ2n) is 7.00. The van der Waals surface area contributed by atoms with E-state index in [0.29, 0.717) is 34.4 Å². The molecule has 0 bridgehead atoms. The Bertz CT molecular complexity index is 1170. The predicted octanol–water partition coefficient (Wildman–Crippen LogP) is 4.00. The predicted molar refractivity (Wildman–Crippen MR) is 118 cm³/mol. The van der Waals surface area contributed by atoms with Gasteiger partial charge in [0.1, 0.15) is 5.52 Å². The van der Waals surface area contributed by atoms with Crippen LogP contribution in [0.4, 0.5) is 5.13 Å². The summed E-state index contributed by atoms with van der Waals surface area (Å²) in [5.41, 5.74) is 0.969. The fraction of sp³-hybridized carbons (Fsp3) is 0.300. The first-order valence-corrected chi connectivity index (χ1v) is 12.0. The molecule has 1 amide bonds. The average molecular weight is 466 g/mol. The van der Waals surface area contributed by atoms with E-state index in [1.165, 1.54) is 47.0 Å². The molecule has 1 N–H and O–H groups in total. The lowest BCUT2D eigenvalue weighted by Crippen LogP contribution is -2.34. The summed E-state index contributed by atoms with van der Waals surface area (Å²) in [6, 6.07) is 11.3. The van der Waals surface area contributed by atoms with Gasteiger partial charge in [0.05, 0.1) is 20.7 Å². The number of hydrogen-bond acceptors (Lipinski definition) is 6. The molecule has 0 saturated carbocycles. The number of amides is 1. The number of nitrogens with one attached hydrogen (secondary N) is 1. The molecule has 3 aromatic rings. The number of hydrogen-bond donors (Lipinski definition) is 1. The second-order valence-corrected chi connectivity index (χ2v) is 10.5. The van der Waals surface area contributed by atoms with Crippen LogP contribution in [-0.4, -0.2) is 49.9 Å². The van der Waals surface area contributed by atoms with Gasteiger partial charge in [-0.2, -0.15) is 4.31 Å². The number of carbonyl (C=O) groups is 1. The summed E-state index contributed by atoms with van der Waals surface area (Å²) < 4.78 is 33.2. The quantitative estimate of drug-likeness (QED) is 0.594. The molecular weight excluding hydrogens is 446 g/mol. The van der Waals surface area contributed by atoms with E-state index < -0.39 is 10.0 Å². The van der Waals surface area contributed by atoms with Crippen molar-refractivity contribution in [2.45, 2.75) is 23.8 Å². The first-order chi connectivity index (χ1) is 14.3. The Hall–Kier alpha value is -2.04. The third-order valence-electron chi connectivity index (χ3n) is 4.90. The summed E-state index contributed by atoms with van der Waals surface area (Å²) in [6.45, 7) is 0.980. The number of benzene rings is 2. The molecule has 1 aliphatic rings. The normalized spacial score (nSPS) is 17.0. The first kappa shape index (κ1) is 21.2. The lowest BCUT2D eigenvalue weighted by Gasteiger charge is -2.20. The van der Waals surface area contributed by atoms with Gasteiger partial charge >= 0.3 is 0 Å². The molecule has 2 aromatic carbocycles. The number of rotatable bonds is 6. The van der Waals surface area contributed by atoms with Crippen molar-refractivity contribution >= 4 is 54.2 Å². The highest BCUT2D eigenvalue weighted by Crippen LogP contribution is 2.31. The largest absolute Gasteiger partial charge is 0.377 e. The summed E-state index contributed by atoms with van der Waals surface area (Å²) in [6.07, 6.45) is 1.73. The zero-order chi connectivity index (χ0) is 21.3. The van der Waals surface area contributed by atoms with Gasteiger partial charge in [0.2, 0.25) is 10.0 Å². The molecule has 1 aromatic heterocycles. The number of aromatic nitrogens is 1. The smallest absolute Gasteiger partial charge is 0.257 e. The number of nitrogens with zero attached hydrogens (tertiary/aromatic N) is 2. The van der Waals surface area contributed by atoms with E-state index in [0.717, 1.165) is 17.5 Å². The van der Waals surface area contributed by atoms with Crippen LogP contribution in [0.25, 0.3) is 10.2 Å². The van der Waals surface area contributed by atoms with Crippen molar-refractivity contribution in [2.75, 3.05) is 25.5 Å². The van der Waals surface area contributed by atoms with Crippen LogP contribution in [0.1, 0.15) is 23.2 Å². The Balaban J connectivity index is 1.46. The number of fused-ring (bicyclic) bond motifs is 1. The van der Waals surface area contributed by atoms with Gasteiger partial charge in [-0.25, -0.2) is 13.4 Å².